The number of hydrogen-bond acceptors (Lipinski definition) is 2. The van der Waals surface area contributed by atoms with Crippen molar-refractivity contribution in [3.8, 4) is 0 Å². The van der Waals surface area contributed by atoms with Crippen molar-refractivity contribution in [2.24, 2.45) is 20.8 Å². The average molecular weight is 123 g/mol. The molecule has 0 rings (SSSR count). The van der Waals surface area contributed by atoms with Gasteiger partial charge in [-0.2, -0.15) is 5.53 Å². The summed E-state index contributed by atoms with van der Waals surface area (Å²) in [6.45, 7) is 4.44. The molecule has 0 atom stereocenters. The fourth-order valence-corrected chi connectivity index (χ4v) is 0.0431. The Bertz CT molecular complexity index is 66.1. The fraction of sp³-hybridized carbons (Fsp3) is 0. The number of rotatable bonds is 2. The van der Waals surface area contributed by atoms with Gasteiger partial charge in [0.05, 0.1) is 0 Å². The second kappa shape index (κ2) is 9.71. The fourth-order valence-electron chi connectivity index (χ4n) is 0.0431. The van der Waals surface area contributed by atoms with E-state index in [0.717, 1.165) is 0 Å². The molecule has 0 saturated carbocycles. The summed E-state index contributed by atoms with van der Waals surface area (Å²) in [5.74, 6) is 0. The third-order valence-corrected chi connectivity index (χ3v) is 0.136. The summed E-state index contributed by atoms with van der Waals surface area (Å²) in [5.41, 5.74) is 5.96. The van der Waals surface area contributed by atoms with Crippen LogP contribution in [0.1, 0.15) is 0 Å². The second-order valence-corrected chi connectivity index (χ2v) is 0.394. The van der Waals surface area contributed by atoms with Gasteiger partial charge < -0.3 is 11.8 Å². The van der Waals surface area contributed by atoms with E-state index in [1.165, 1.54) is 0 Å². The number of hydrogen-bond donors (Lipinski definition) is 1. The zero-order chi connectivity index (χ0) is 4.83. The molecule has 0 aliphatic heterocycles. The van der Waals surface area contributed by atoms with Crippen molar-refractivity contribution in [3.63, 3.8) is 0 Å². The topological polar surface area (TPSA) is 73.3 Å². The molecule has 0 spiro atoms. The minimum absolute atomic E-state index is 0. The van der Waals surface area contributed by atoms with Crippen molar-refractivity contribution in [2.75, 3.05) is 0 Å². The second-order valence-electron chi connectivity index (χ2n) is 0.394. The molecule has 0 aromatic heterocycles. The molecule has 0 saturated heterocycles. The molecule has 0 unspecified atom stereocenters. The Morgan fingerprint density at radius 1 is 1.29 bits per heavy atom. The molecule has 6 heteroatoms. The molecule has 0 aliphatic carbocycles. The van der Waals surface area contributed by atoms with Crippen molar-refractivity contribution in [1.29, 1.82) is 5.53 Å². The van der Waals surface area contributed by atoms with Crippen molar-refractivity contribution in [1.82, 2.24) is 0 Å². The first kappa shape index (κ1) is 10.5. The smallest absolute Gasteiger partial charge is 0.384 e. The summed E-state index contributed by atoms with van der Waals surface area (Å²) in [5, 5.41) is 10.6. The van der Waals surface area contributed by atoms with Gasteiger partial charge in [-0.15, -0.1) is 0 Å². The molecular formula is CH2KN5. The van der Waals surface area contributed by atoms with Crippen LogP contribution in [-0.4, -0.2) is 6.72 Å². The molecule has 0 heterocycles. The van der Waals surface area contributed by atoms with Gasteiger partial charge in [-0.1, -0.05) is 5.22 Å². The Morgan fingerprint density at radius 2 is 1.86 bits per heavy atom. The predicted octanol–water partition coefficient (Wildman–Crippen LogP) is -2.12. The quantitative estimate of drug-likeness (QED) is 0.143. The Kier molecular flexibility index (Phi) is 14.5. The largest absolute Gasteiger partial charge is 1.00 e. The first-order valence-corrected chi connectivity index (χ1v) is 1.08. The Labute approximate surface area is 83.2 Å². The Hall–Kier alpha value is 0.506. The van der Waals surface area contributed by atoms with Crippen LogP contribution in [0.3, 0.4) is 0 Å². The van der Waals surface area contributed by atoms with Crippen molar-refractivity contribution >= 4 is 6.72 Å². The molecule has 0 aromatic rings. The molecule has 0 bridgehead atoms. The molecule has 0 aromatic carbocycles. The van der Waals surface area contributed by atoms with Crippen LogP contribution >= 0.6 is 0 Å². The van der Waals surface area contributed by atoms with Gasteiger partial charge in [0, 0.05) is 0 Å². The maximum Gasteiger partial charge on any atom is 1.00 e. The molecule has 0 amide bonds. The van der Waals surface area contributed by atoms with Gasteiger partial charge in [-0.25, -0.2) is 0 Å². The zero-order valence-corrected chi connectivity index (χ0v) is 6.99. The SMILES string of the molecule is [CH-]=N/N=N/N=N.[K+]. The van der Waals surface area contributed by atoms with E-state index in [4.69, 9.17) is 5.53 Å². The molecule has 0 aliphatic rings. The summed E-state index contributed by atoms with van der Waals surface area (Å²) in [4.78, 5) is 0. The number of nitrogens with one attached hydrogen (secondary N) is 1. The predicted molar refractivity (Wildman–Crippen MR) is 18.5 cm³/mol. The van der Waals surface area contributed by atoms with E-state index < -0.39 is 0 Å². The van der Waals surface area contributed by atoms with Crippen LogP contribution in [0.15, 0.2) is 20.8 Å². The van der Waals surface area contributed by atoms with Gasteiger partial charge in [-0.3, -0.25) is 0 Å². The van der Waals surface area contributed by atoms with E-state index in [0.29, 0.717) is 0 Å². The summed E-state index contributed by atoms with van der Waals surface area (Å²) in [6, 6.07) is 0. The molecule has 32 valence electrons. The molecular weight excluding hydrogens is 121 g/mol. The van der Waals surface area contributed by atoms with E-state index in [1.807, 2.05) is 0 Å². The Morgan fingerprint density at radius 3 is 2.00 bits per heavy atom. The summed E-state index contributed by atoms with van der Waals surface area (Å²) in [6.07, 6.45) is 0. The van der Waals surface area contributed by atoms with E-state index >= 15 is 0 Å². The van der Waals surface area contributed by atoms with Crippen LogP contribution in [0.2, 0.25) is 0 Å². The third kappa shape index (κ3) is 10.7. The summed E-state index contributed by atoms with van der Waals surface area (Å²) < 4.78 is 0. The molecule has 0 fully saturated rings. The average Bonchev–Trinajstić information content (AvgIpc) is 1.61. The van der Waals surface area contributed by atoms with Crippen molar-refractivity contribution in [3.05, 3.63) is 0 Å². The van der Waals surface area contributed by atoms with Gasteiger partial charge in [0.15, 0.2) is 0 Å². The van der Waals surface area contributed by atoms with E-state index in [9.17, 15) is 0 Å². The maximum absolute atomic E-state index is 5.96. The van der Waals surface area contributed by atoms with Crippen LogP contribution < -0.4 is 51.4 Å². The monoisotopic (exact) mass is 123 g/mol. The van der Waals surface area contributed by atoms with Gasteiger partial charge in [0.1, 0.15) is 0 Å². The van der Waals surface area contributed by atoms with E-state index in [1.54, 1.807) is 0 Å². The summed E-state index contributed by atoms with van der Waals surface area (Å²) in [7, 11) is 0. The van der Waals surface area contributed by atoms with E-state index in [-0.39, 0.29) is 51.4 Å². The van der Waals surface area contributed by atoms with Gasteiger partial charge in [0.2, 0.25) is 0 Å². The standard InChI is InChI=1S/CH2N5.K/c1-3-5-6-4-2;/h1-2H;/q-1;+1/b4-2?,6-5+;. The molecule has 1 N–H and O–H groups in total. The van der Waals surface area contributed by atoms with Crippen molar-refractivity contribution < 1.29 is 51.4 Å². The van der Waals surface area contributed by atoms with Gasteiger partial charge in [0.25, 0.3) is 0 Å². The number of nitrogens with zero attached hydrogens (tertiary/aromatic N) is 4. The maximum atomic E-state index is 5.96. The zero-order valence-electron chi connectivity index (χ0n) is 3.87. The van der Waals surface area contributed by atoms with Crippen LogP contribution in [0.5, 0.6) is 0 Å². The first-order valence-electron chi connectivity index (χ1n) is 1.08. The molecule has 7 heavy (non-hydrogen) atoms. The van der Waals surface area contributed by atoms with Crippen molar-refractivity contribution in [2.45, 2.75) is 0 Å². The van der Waals surface area contributed by atoms with Gasteiger partial charge >= 0.3 is 51.4 Å². The Balaban J connectivity index is 0. The molecule has 0 radical (unpaired) electrons. The minimum Gasteiger partial charge on any atom is -0.384 e. The summed E-state index contributed by atoms with van der Waals surface area (Å²) >= 11 is 0. The first-order chi connectivity index (χ1) is 2.91. The normalized spacial score (nSPS) is 7.43. The third-order valence-electron chi connectivity index (χ3n) is 0.136. The van der Waals surface area contributed by atoms with Crippen LogP contribution in [0.4, 0.5) is 0 Å². The van der Waals surface area contributed by atoms with Crippen LogP contribution in [0, 0.1) is 5.53 Å². The minimum atomic E-state index is 0. The van der Waals surface area contributed by atoms with Crippen LogP contribution in [0.25, 0.3) is 0 Å². The van der Waals surface area contributed by atoms with Crippen LogP contribution in [-0.2, 0) is 0 Å². The van der Waals surface area contributed by atoms with E-state index in [2.05, 4.69) is 27.5 Å². The van der Waals surface area contributed by atoms with Gasteiger partial charge in [-0.05, 0) is 10.4 Å². The molecule has 5 nitrogen and oxygen atoms in total.